The summed E-state index contributed by atoms with van der Waals surface area (Å²) in [6.45, 7) is 11.6. The van der Waals surface area contributed by atoms with E-state index in [0.717, 1.165) is 5.56 Å². The first-order chi connectivity index (χ1) is 16.4. The fourth-order valence-electron chi connectivity index (χ4n) is 5.44. The van der Waals surface area contributed by atoms with E-state index in [9.17, 15) is 18.3 Å². The lowest BCUT2D eigenvalue weighted by molar-refractivity contribution is -0.216. The maximum absolute atomic E-state index is 13.7. The summed E-state index contributed by atoms with van der Waals surface area (Å²) < 4.78 is 29.1. The number of hydrogen-bond acceptors (Lipinski definition) is 5. The second kappa shape index (κ2) is 9.32. The van der Waals surface area contributed by atoms with Crippen LogP contribution in [-0.2, 0) is 19.7 Å². The standard InChI is InChI=1S/C27H36N2O5S/c1-17(2)23-24-22(16-28(23)35(32,33)21-14-12-18(3)13-15-21)27(5,6)34-29(24)26(31)19(4)25(30)20-10-8-7-9-11-20/h7-15,17,19,22-25,30H,16H2,1-6H3/t19-,22+,23-,24+,25-/m0/s1. The van der Waals surface area contributed by atoms with Gasteiger partial charge < -0.3 is 5.11 Å². The number of hydrogen-bond donors (Lipinski definition) is 1. The lowest BCUT2D eigenvalue weighted by atomic mass is 9.83. The summed E-state index contributed by atoms with van der Waals surface area (Å²) in [5, 5.41) is 12.3. The van der Waals surface area contributed by atoms with Gasteiger partial charge in [-0.05, 0) is 44.4 Å². The van der Waals surface area contributed by atoms with Crippen LogP contribution in [0.2, 0.25) is 0 Å². The monoisotopic (exact) mass is 500 g/mol. The Hall–Kier alpha value is -2.26. The highest BCUT2D eigenvalue weighted by Crippen LogP contribution is 2.48. The molecule has 2 aliphatic rings. The zero-order chi connectivity index (χ0) is 25.7. The molecule has 35 heavy (non-hydrogen) atoms. The Kier molecular flexibility index (Phi) is 6.87. The van der Waals surface area contributed by atoms with E-state index < -0.39 is 39.7 Å². The third-order valence-corrected chi connectivity index (χ3v) is 9.38. The molecule has 0 saturated carbocycles. The number of sulfonamides is 1. The summed E-state index contributed by atoms with van der Waals surface area (Å²) in [6, 6.07) is 15.0. The van der Waals surface area contributed by atoms with Crippen molar-refractivity contribution >= 4 is 15.9 Å². The Balaban J connectivity index is 1.69. The van der Waals surface area contributed by atoms with Gasteiger partial charge in [0.1, 0.15) is 0 Å². The quantitative estimate of drug-likeness (QED) is 0.649. The Bertz CT molecular complexity index is 1160. The van der Waals surface area contributed by atoms with Crippen molar-refractivity contribution in [2.75, 3.05) is 6.54 Å². The minimum absolute atomic E-state index is 0.0626. The molecular weight excluding hydrogens is 464 g/mol. The fraction of sp³-hybridized carbons (Fsp3) is 0.519. The molecule has 1 N–H and O–H groups in total. The highest BCUT2D eigenvalue weighted by atomic mass is 32.2. The van der Waals surface area contributed by atoms with Gasteiger partial charge in [0.2, 0.25) is 10.0 Å². The van der Waals surface area contributed by atoms with Crippen molar-refractivity contribution in [1.82, 2.24) is 9.37 Å². The van der Waals surface area contributed by atoms with Crippen molar-refractivity contribution in [3.63, 3.8) is 0 Å². The van der Waals surface area contributed by atoms with Crippen LogP contribution in [0.5, 0.6) is 0 Å². The molecule has 2 heterocycles. The molecule has 8 heteroatoms. The van der Waals surface area contributed by atoms with E-state index in [1.165, 1.54) is 5.06 Å². The van der Waals surface area contributed by atoms with Crippen LogP contribution < -0.4 is 0 Å². The Labute approximate surface area is 208 Å². The van der Waals surface area contributed by atoms with Crippen molar-refractivity contribution in [3.8, 4) is 0 Å². The van der Waals surface area contributed by atoms with Crippen molar-refractivity contribution in [3.05, 3.63) is 65.7 Å². The van der Waals surface area contributed by atoms with Crippen molar-refractivity contribution < 1.29 is 23.2 Å². The minimum atomic E-state index is -3.78. The predicted octanol–water partition coefficient (Wildman–Crippen LogP) is 3.93. The molecule has 2 saturated heterocycles. The van der Waals surface area contributed by atoms with Crippen LogP contribution in [0.1, 0.15) is 51.8 Å². The predicted molar refractivity (Wildman–Crippen MR) is 134 cm³/mol. The average Bonchev–Trinajstić information content (AvgIpc) is 3.35. The van der Waals surface area contributed by atoms with Crippen LogP contribution in [0, 0.1) is 24.7 Å². The van der Waals surface area contributed by atoms with Crippen LogP contribution >= 0.6 is 0 Å². The molecule has 0 unspecified atom stereocenters. The number of aliphatic hydroxyl groups excluding tert-OH is 1. The second-order valence-electron chi connectivity index (χ2n) is 10.7. The van der Waals surface area contributed by atoms with Crippen LogP contribution in [0.15, 0.2) is 59.5 Å². The van der Waals surface area contributed by atoms with Gasteiger partial charge in [0.25, 0.3) is 5.91 Å². The molecule has 7 nitrogen and oxygen atoms in total. The molecule has 2 aliphatic heterocycles. The zero-order valence-electron chi connectivity index (χ0n) is 21.3. The van der Waals surface area contributed by atoms with Crippen molar-refractivity contribution in [2.45, 2.75) is 70.2 Å². The lowest BCUT2D eigenvalue weighted by Gasteiger charge is -2.36. The van der Waals surface area contributed by atoms with E-state index in [2.05, 4.69) is 0 Å². The molecule has 0 aliphatic carbocycles. The van der Waals surface area contributed by atoms with Crippen LogP contribution in [0.4, 0.5) is 0 Å². The van der Waals surface area contributed by atoms with E-state index >= 15 is 0 Å². The van der Waals surface area contributed by atoms with Crippen LogP contribution in [0.3, 0.4) is 0 Å². The zero-order valence-corrected chi connectivity index (χ0v) is 22.1. The summed E-state index contributed by atoms with van der Waals surface area (Å²) in [4.78, 5) is 20.1. The molecular formula is C27H36N2O5S. The molecule has 0 spiro atoms. The number of aryl methyl sites for hydroxylation is 1. The van der Waals surface area contributed by atoms with E-state index in [4.69, 9.17) is 4.84 Å². The fourth-order valence-corrected chi connectivity index (χ4v) is 7.24. The van der Waals surface area contributed by atoms with Gasteiger partial charge in [0.05, 0.1) is 34.6 Å². The molecule has 190 valence electrons. The SMILES string of the molecule is Cc1ccc(S(=O)(=O)N2C[C@@H]3[C@H]([C@@H]2C(C)C)N(C(=O)[C@@H](C)[C@H](O)c2ccccc2)OC3(C)C)cc1. The number of carbonyl (C=O) groups excluding carboxylic acids is 1. The first-order valence-electron chi connectivity index (χ1n) is 12.2. The minimum Gasteiger partial charge on any atom is -0.388 e. The average molecular weight is 501 g/mol. The van der Waals surface area contributed by atoms with Gasteiger partial charge in [-0.25, -0.2) is 13.5 Å². The molecule has 5 atom stereocenters. The van der Waals surface area contributed by atoms with E-state index in [-0.39, 0.29) is 29.2 Å². The van der Waals surface area contributed by atoms with Gasteiger partial charge >= 0.3 is 0 Å². The summed E-state index contributed by atoms with van der Waals surface area (Å²) in [5.41, 5.74) is 0.890. The molecule has 2 fully saturated rings. The summed E-state index contributed by atoms with van der Waals surface area (Å²) in [6.07, 6.45) is -0.999. The number of carbonyl (C=O) groups is 1. The highest BCUT2D eigenvalue weighted by molar-refractivity contribution is 7.89. The molecule has 2 aromatic carbocycles. The molecule has 0 radical (unpaired) electrons. The summed E-state index contributed by atoms with van der Waals surface area (Å²) in [7, 11) is -3.78. The largest absolute Gasteiger partial charge is 0.388 e. The molecule has 1 amide bonds. The lowest BCUT2D eigenvalue weighted by Crippen LogP contribution is -2.51. The van der Waals surface area contributed by atoms with Crippen molar-refractivity contribution in [1.29, 1.82) is 0 Å². The third kappa shape index (κ3) is 4.53. The number of amides is 1. The number of fused-ring (bicyclic) bond motifs is 1. The Morgan fingerprint density at radius 1 is 1.06 bits per heavy atom. The van der Waals surface area contributed by atoms with E-state index in [1.54, 1.807) is 47.6 Å². The number of aliphatic hydroxyl groups is 1. The summed E-state index contributed by atoms with van der Waals surface area (Å²) in [5.74, 6) is -1.38. The number of rotatable bonds is 6. The smallest absolute Gasteiger partial charge is 0.252 e. The van der Waals surface area contributed by atoms with Crippen molar-refractivity contribution in [2.24, 2.45) is 17.8 Å². The van der Waals surface area contributed by atoms with Gasteiger partial charge in [-0.15, -0.1) is 0 Å². The van der Waals surface area contributed by atoms with Crippen LogP contribution in [-0.4, -0.2) is 53.0 Å². The second-order valence-corrected chi connectivity index (χ2v) is 12.6. The molecule has 0 bridgehead atoms. The van der Waals surface area contributed by atoms with Gasteiger partial charge in [-0.3, -0.25) is 9.63 Å². The molecule has 4 rings (SSSR count). The first-order valence-corrected chi connectivity index (χ1v) is 13.6. The third-order valence-electron chi connectivity index (χ3n) is 7.50. The Morgan fingerprint density at radius 2 is 1.66 bits per heavy atom. The topological polar surface area (TPSA) is 87.2 Å². The molecule has 2 aromatic rings. The maximum Gasteiger partial charge on any atom is 0.252 e. The van der Waals surface area contributed by atoms with Gasteiger partial charge in [-0.1, -0.05) is 68.8 Å². The van der Waals surface area contributed by atoms with E-state index in [0.29, 0.717) is 5.56 Å². The normalized spacial score (nSPS) is 26.1. The highest BCUT2D eigenvalue weighted by Gasteiger charge is 2.62. The van der Waals surface area contributed by atoms with Gasteiger partial charge in [0, 0.05) is 12.5 Å². The number of hydroxylamine groups is 2. The molecule has 0 aromatic heterocycles. The maximum atomic E-state index is 13.7. The van der Waals surface area contributed by atoms with Gasteiger partial charge in [0.15, 0.2) is 0 Å². The van der Waals surface area contributed by atoms with E-state index in [1.807, 2.05) is 52.8 Å². The summed E-state index contributed by atoms with van der Waals surface area (Å²) >= 11 is 0. The number of nitrogens with zero attached hydrogens (tertiary/aromatic N) is 2. The Morgan fingerprint density at radius 3 is 2.23 bits per heavy atom. The van der Waals surface area contributed by atoms with Crippen LogP contribution in [0.25, 0.3) is 0 Å². The van der Waals surface area contributed by atoms with Gasteiger partial charge in [-0.2, -0.15) is 4.31 Å². The first kappa shape index (κ1) is 25.8. The number of benzene rings is 2.